The molecule has 2 saturated carbocycles. The third-order valence-electron chi connectivity index (χ3n) is 6.22. The standard InChI is InChI=1S/C19H21F3N2O3/c1-11-4-13(2-3-16(11)27-19(20,21)22)18-7-14(18)8-24(9-18)17(26)12-5-15(6-12)23-10-25/h2-4,10,12,14-15H,5-9H2,1H3,(H,23,25). The molecule has 146 valence electrons. The van der Waals surface area contributed by atoms with E-state index in [0.717, 1.165) is 12.0 Å². The summed E-state index contributed by atoms with van der Waals surface area (Å²) < 4.78 is 41.4. The number of nitrogens with zero attached hydrogens (tertiary/aromatic N) is 1. The predicted octanol–water partition coefficient (Wildman–Crippen LogP) is 2.52. The lowest BCUT2D eigenvalue weighted by Crippen LogP contribution is -2.48. The molecule has 1 saturated heterocycles. The van der Waals surface area contributed by atoms with E-state index < -0.39 is 6.36 Å². The Morgan fingerprint density at radius 3 is 2.74 bits per heavy atom. The molecule has 1 aromatic rings. The number of benzene rings is 1. The molecule has 8 heteroatoms. The first-order valence-electron chi connectivity index (χ1n) is 9.07. The molecule has 1 heterocycles. The van der Waals surface area contributed by atoms with Crippen LogP contribution in [0.1, 0.15) is 30.4 Å². The fraction of sp³-hybridized carbons (Fsp3) is 0.579. The highest BCUT2D eigenvalue weighted by Gasteiger charge is 2.62. The predicted molar refractivity (Wildman–Crippen MR) is 89.9 cm³/mol. The van der Waals surface area contributed by atoms with Crippen molar-refractivity contribution in [2.45, 2.75) is 44.0 Å². The molecule has 5 nitrogen and oxygen atoms in total. The first-order chi connectivity index (χ1) is 12.7. The Kier molecular flexibility index (Phi) is 4.12. The maximum Gasteiger partial charge on any atom is 0.573 e. The quantitative estimate of drug-likeness (QED) is 0.797. The second-order valence-electron chi connectivity index (χ2n) is 7.95. The third kappa shape index (κ3) is 3.26. The van der Waals surface area contributed by atoms with Gasteiger partial charge in [0, 0.05) is 30.5 Å². The summed E-state index contributed by atoms with van der Waals surface area (Å²) in [6.07, 6.45) is -1.74. The molecule has 2 atom stereocenters. The molecule has 0 spiro atoms. The summed E-state index contributed by atoms with van der Waals surface area (Å²) in [5, 5.41) is 2.69. The van der Waals surface area contributed by atoms with Gasteiger partial charge in [0.15, 0.2) is 0 Å². The molecule has 3 fully saturated rings. The zero-order chi connectivity index (χ0) is 19.4. The molecule has 3 aliphatic rings. The zero-order valence-corrected chi connectivity index (χ0v) is 14.9. The van der Waals surface area contributed by atoms with E-state index in [-0.39, 0.29) is 29.0 Å². The number of fused-ring (bicyclic) bond motifs is 1. The molecule has 27 heavy (non-hydrogen) atoms. The topological polar surface area (TPSA) is 58.6 Å². The second-order valence-corrected chi connectivity index (χ2v) is 7.95. The van der Waals surface area contributed by atoms with Crippen LogP contribution in [0.25, 0.3) is 0 Å². The van der Waals surface area contributed by atoms with Crippen molar-refractivity contribution in [3.8, 4) is 5.75 Å². The second kappa shape index (κ2) is 6.14. The molecule has 2 unspecified atom stereocenters. The highest BCUT2D eigenvalue weighted by atomic mass is 19.4. The van der Waals surface area contributed by atoms with Gasteiger partial charge in [0.25, 0.3) is 0 Å². The van der Waals surface area contributed by atoms with Gasteiger partial charge in [-0.25, -0.2) is 0 Å². The maximum absolute atomic E-state index is 12.7. The van der Waals surface area contributed by atoms with E-state index in [0.29, 0.717) is 43.8 Å². The van der Waals surface area contributed by atoms with Gasteiger partial charge in [-0.2, -0.15) is 0 Å². The highest BCUT2D eigenvalue weighted by molar-refractivity contribution is 5.81. The number of nitrogens with one attached hydrogen (secondary N) is 1. The molecule has 1 aliphatic heterocycles. The van der Waals surface area contributed by atoms with Crippen LogP contribution in [0.4, 0.5) is 13.2 Å². The lowest BCUT2D eigenvalue weighted by molar-refractivity contribution is -0.274. The summed E-state index contributed by atoms with van der Waals surface area (Å²) in [5.74, 6) is 0.258. The molecular weight excluding hydrogens is 361 g/mol. The molecule has 1 aromatic carbocycles. The Morgan fingerprint density at radius 2 is 2.11 bits per heavy atom. The fourth-order valence-corrected chi connectivity index (χ4v) is 4.61. The number of halogens is 3. The van der Waals surface area contributed by atoms with E-state index >= 15 is 0 Å². The average molecular weight is 382 g/mol. The number of ether oxygens (including phenoxy) is 1. The minimum absolute atomic E-state index is 0.0405. The van der Waals surface area contributed by atoms with Crippen molar-refractivity contribution in [3.63, 3.8) is 0 Å². The highest BCUT2D eigenvalue weighted by Crippen LogP contribution is 2.59. The Balaban J connectivity index is 1.42. The van der Waals surface area contributed by atoms with E-state index in [4.69, 9.17) is 0 Å². The Hall–Kier alpha value is -2.25. The van der Waals surface area contributed by atoms with Crippen molar-refractivity contribution in [1.29, 1.82) is 0 Å². The summed E-state index contributed by atoms with van der Waals surface area (Å²) in [4.78, 5) is 25.0. The van der Waals surface area contributed by atoms with Crippen molar-refractivity contribution in [1.82, 2.24) is 10.2 Å². The maximum atomic E-state index is 12.7. The first kappa shape index (κ1) is 18.1. The van der Waals surface area contributed by atoms with E-state index in [1.807, 2.05) is 4.90 Å². The van der Waals surface area contributed by atoms with E-state index in [2.05, 4.69) is 10.1 Å². The van der Waals surface area contributed by atoms with Crippen molar-refractivity contribution < 1.29 is 27.5 Å². The van der Waals surface area contributed by atoms with Crippen molar-refractivity contribution >= 4 is 12.3 Å². The Morgan fingerprint density at radius 1 is 1.37 bits per heavy atom. The van der Waals surface area contributed by atoms with Crippen LogP contribution in [0.3, 0.4) is 0 Å². The van der Waals surface area contributed by atoms with Gasteiger partial charge >= 0.3 is 6.36 Å². The number of carbonyl (C=O) groups excluding carboxylic acids is 2. The number of likely N-dealkylation sites (tertiary alicyclic amines) is 1. The minimum Gasteiger partial charge on any atom is -0.406 e. The van der Waals surface area contributed by atoms with Crippen LogP contribution in [0, 0.1) is 18.8 Å². The van der Waals surface area contributed by atoms with Crippen LogP contribution in [-0.2, 0) is 15.0 Å². The van der Waals surface area contributed by atoms with Gasteiger partial charge in [-0.3, -0.25) is 9.59 Å². The molecule has 2 amide bonds. The van der Waals surface area contributed by atoms with E-state index in [9.17, 15) is 22.8 Å². The number of aryl methyl sites for hydroxylation is 1. The lowest BCUT2D eigenvalue weighted by Gasteiger charge is -2.36. The Labute approximate surface area is 154 Å². The number of hydrogen-bond donors (Lipinski definition) is 1. The summed E-state index contributed by atoms with van der Waals surface area (Å²) in [5.41, 5.74) is 1.28. The smallest absolute Gasteiger partial charge is 0.406 e. The zero-order valence-electron chi connectivity index (χ0n) is 14.9. The molecule has 0 bridgehead atoms. The van der Waals surface area contributed by atoms with Gasteiger partial charge in [0.05, 0.1) is 0 Å². The SMILES string of the molecule is Cc1cc(C23CC2CN(C(=O)C2CC(NC=O)C2)C3)ccc1OC(F)(F)F. The molecule has 4 rings (SSSR count). The van der Waals surface area contributed by atoms with Crippen LogP contribution in [-0.4, -0.2) is 42.7 Å². The number of hydrogen-bond acceptors (Lipinski definition) is 3. The van der Waals surface area contributed by atoms with Gasteiger partial charge in [0.2, 0.25) is 12.3 Å². The van der Waals surface area contributed by atoms with Crippen LogP contribution in [0.2, 0.25) is 0 Å². The minimum atomic E-state index is -4.71. The number of carbonyl (C=O) groups is 2. The van der Waals surface area contributed by atoms with Crippen molar-refractivity contribution in [3.05, 3.63) is 29.3 Å². The first-order valence-corrected chi connectivity index (χ1v) is 9.07. The van der Waals surface area contributed by atoms with E-state index in [1.165, 1.54) is 6.07 Å². The van der Waals surface area contributed by atoms with Crippen LogP contribution in [0.15, 0.2) is 18.2 Å². The number of amides is 2. The number of rotatable bonds is 5. The van der Waals surface area contributed by atoms with Gasteiger partial charge in [-0.05, 0) is 49.3 Å². The molecule has 0 aromatic heterocycles. The summed E-state index contributed by atoms with van der Waals surface area (Å²) in [6.45, 7) is 2.91. The lowest BCUT2D eigenvalue weighted by atomic mass is 9.79. The number of piperidine rings is 1. The van der Waals surface area contributed by atoms with Gasteiger partial charge in [-0.1, -0.05) is 12.1 Å². The van der Waals surface area contributed by atoms with Gasteiger partial charge in [0.1, 0.15) is 5.75 Å². The molecule has 0 radical (unpaired) electrons. The summed E-state index contributed by atoms with van der Waals surface area (Å²) in [6, 6.07) is 4.90. The number of alkyl halides is 3. The van der Waals surface area contributed by atoms with Crippen LogP contribution >= 0.6 is 0 Å². The van der Waals surface area contributed by atoms with Gasteiger partial charge < -0.3 is 15.0 Å². The monoisotopic (exact) mass is 382 g/mol. The van der Waals surface area contributed by atoms with Gasteiger partial charge in [-0.15, -0.1) is 13.2 Å². The molecular formula is C19H21F3N2O3. The average Bonchev–Trinajstić information content (AvgIpc) is 3.12. The summed E-state index contributed by atoms with van der Waals surface area (Å²) >= 11 is 0. The largest absolute Gasteiger partial charge is 0.573 e. The Bertz CT molecular complexity index is 776. The van der Waals surface area contributed by atoms with Crippen molar-refractivity contribution in [2.24, 2.45) is 11.8 Å². The van der Waals surface area contributed by atoms with Crippen LogP contribution < -0.4 is 10.1 Å². The van der Waals surface area contributed by atoms with E-state index in [1.54, 1.807) is 19.1 Å². The molecule has 1 N–H and O–H groups in total. The van der Waals surface area contributed by atoms with Crippen molar-refractivity contribution in [2.75, 3.05) is 13.1 Å². The van der Waals surface area contributed by atoms with Crippen LogP contribution in [0.5, 0.6) is 5.75 Å². The normalized spacial score (nSPS) is 31.7. The summed E-state index contributed by atoms with van der Waals surface area (Å²) in [7, 11) is 0. The molecule has 2 aliphatic carbocycles. The fourth-order valence-electron chi connectivity index (χ4n) is 4.61. The third-order valence-corrected chi connectivity index (χ3v) is 6.22.